The number of ketones is 1. The lowest BCUT2D eigenvalue weighted by Crippen LogP contribution is -2.00. The van der Waals surface area contributed by atoms with E-state index in [0.717, 1.165) is 22.5 Å². The quantitative estimate of drug-likeness (QED) is 0.771. The van der Waals surface area contributed by atoms with E-state index in [1.54, 1.807) is 6.92 Å². The number of hydrogen-bond acceptors (Lipinski definition) is 2. The normalized spacial score (nSPS) is 10.1. The lowest BCUT2D eigenvalue weighted by Gasteiger charge is -2.08. The van der Waals surface area contributed by atoms with Crippen molar-refractivity contribution in [2.24, 2.45) is 0 Å². The molecule has 0 atom stereocenters. The van der Waals surface area contributed by atoms with Gasteiger partial charge in [0.05, 0.1) is 0 Å². The molecule has 0 unspecified atom stereocenters. The third-order valence-electron chi connectivity index (χ3n) is 2.58. The van der Waals surface area contributed by atoms with Crippen molar-refractivity contribution in [3.63, 3.8) is 0 Å². The van der Waals surface area contributed by atoms with Gasteiger partial charge in [-0.2, -0.15) is 0 Å². The van der Waals surface area contributed by atoms with Gasteiger partial charge in [0.1, 0.15) is 0 Å². The summed E-state index contributed by atoms with van der Waals surface area (Å²) in [6, 6.07) is 9.73. The topological polar surface area (TPSA) is 44.9 Å². The smallest absolute Gasteiger partial charge is 0.161 e. The van der Waals surface area contributed by atoms with Gasteiger partial charge in [0.25, 0.3) is 0 Å². The van der Waals surface area contributed by atoms with Crippen molar-refractivity contribution < 1.29 is 4.79 Å². The number of anilines is 1. The Labute approximate surface area is 94.5 Å². The first-order valence-corrected chi connectivity index (χ1v) is 5.19. The molecule has 0 saturated carbocycles. The summed E-state index contributed by atoms with van der Waals surface area (Å²) in [5.74, 6) is 0.0717. The highest BCUT2D eigenvalue weighted by atomic mass is 16.1. The van der Waals surface area contributed by atoms with Crippen LogP contribution >= 0.6 is 0 Å². The molecule has 0 spiro atoms. The minimum atomic E-state index is 0.0717. The Kier molecular flexibility index (Phi) is 2.77. The number of aromatic nitrogens is 1. The lowest BCUT2D eigenvalue weighted by atomic mass is 10.0. The van der Waals surface area contributed by atoms with E-state index in [0.29, 0.717) is 0 Å². The number of hydrogen-bond donors (Lipinski definition) is 2. The number of benzene rings is 1. The van der Waals surface area contributed by atoms with E-state index in [4.69, 9.17) is 0 Å². The second-order valence-corrected chi connectivity index (χ2v) is 3.65. The van der Waals surface area contributed by atoms with Gasteiger partial charge in [-0.25, -0.2) is 0 Å². The molecule has 0 saturated heterocycles. The number of nitrogens with one attached hydrogen (secondary N) is 2. The van der Waals surface area contributed by atoms with Crippen LogP contribution in [0, 0.1) is 0 Å². The summed E-state index contributed by atoms with van der Waals surface area (Å²) in [5, 5.41) is 3.04. The largest absolute Gasteiger partial charge is 0.388 e. The molecule has 1 aromatic heterocycles. The molecule has 0 aliphatic carbocycles. The van der Waals surface area contributed by atoms with Crippen molar-refractivity contribution in [2.45, 2.75) is 6.92 Å². The van der Waals surface area contributed by atoms with Crippen LogP contribution in [0.25, 0.3) is 11.3 Å². The molecule has 0 fully saturated rings. The summed E-state index contributed by atoms with van der Waals surface area (Å²) in [6.07, 6.45) is 1.88. The number of carbonyl (C=O) groups is 1. The predicted octanol–water partition coefficient (Wildman–Crippen LogP) is 2.93. The highest BCUT2D eigenvalue weighted by Gasteiger charge is 2.07. The fraction of sp³-hybridized carbons (Fsp3) is 0.154. The van der Waals surface area contributed by atoms with E-state index in [1.807, 2.05) is 43.6 Å². The Morgan fingerprint density at radius 2 is 2.12 bits per heavy atom. The maximum atomic E-state index is 11.4. The average molecular weight is 214 g/mol. The monoisotopic (exact) mass is 214 g/mol. The molecular formula is C13H14N2O. The SMILES string of the molecule is CNc1cc(-c2ccc[nH]2)ccc1C(C)=O. The summed E-state index contributed by atoms with van der Waals surface area (Å²) in [5.41, 5.74) is 3.70. The lowest BCUT2D eigenvalue weighted by molar-refractivity contribution is 0.101. The van der Waals surface area contributed by atoms with E-state index in [9.17, 15) is 4.79 Å². The maximum absolute atomic E-state index is 11.4. The molecule has 0 amide bonds. The summed E-state index contributed by atoms with van der Waals surface area (Å²) in [6.45, 7) is 1.57. The molecule has 82 valence electrons. The van der Waals surface area contributed by atoms with E-state index < -0.39 is 0 Å². The number of Topliss-reactive ketones (excluding diaryl/α,β-unsaturated/α-hetero) is 1. The molecule has 0 aliphatic heterocycles. The highest BCUT2D eigenvalue weighted by Crippen LogP contribution is 2.24. The van der Waals surface area contributed by atoms with Crippen molar-refractivity contribution in [3.05, 3.63) is 42.1 Å². The van der Waals surface area contributed by atoms with Crippen molar-refractivity contribution >= 4 is 11.5 Å². The van der Waals surface area contributed by atoms with Gasteiger partial charge in [0, 0.05) is 35.8 Å². The molecule has 2 rings (SSSR count). The maximum Gasteiger partial charge on any atom is 0.161 e. The zero-order chi connectivity index (χ0) is 11.5. The molecular weight excluding hydrogens is 200 g/mol. The Bertz CT molecular complexity index is 501. The number of carbonyl (C=O) groups excluding carboxylic acids is 1. The van der Waals surface area contributed by atoms with Crippen LogP contribution in [0.1, 0.15) is 17.3 Å². The highest BCUT2D eigenvalue weighted by molar-refractivity contribution is 6.00. The van der Waals surface area contributed by atoms with Gasteiger partial charge >= 0.3 is 0 Å². The first kappa shape index (κ1) is 10.5. The summed E-state index contributed by atoms with van der Waals surface area (Å²) in [4.78, 5) is 14.5. The molecule has 16 heavy (non-hydrogen) atoms. The standard InChI is InChI=1S/C13H14N2O/c1-9(16)11-6-5-10(8-13(11)14-2)12-4-3-7-15-12/h3-8,14-15H,1-2H3. The first-order chi connectivity index (χ1) is 7.72. The van der Waals surface area contributed by atoms with Crippen LogP contribution in [0.15, 0.2) is 36.5 Å². The van der Waals surface area contributed by atoms with Gasteiger partial charge in [-0.15, -0.1) is 0 Å². The van der Waals surface area contributed by atoms with Crippen LogP contribution < -0.4 is 5.32 Å². The van der Waals surface area contributed by atoms with Crippen molar-refractivity contribution in [1.82, 2.24) is 4.98 Å². The second kappa shape index (κ2) is 4.23. The zero-order valence-electron chi connectivity index (χ0n) is 9.37. The van der Waals surface area contributed by atoms with Gasteiger partial charge in [-0.3, -0.25) is 4.79 Å². The fourth-order valence-corrected chi connectivity index (χ4v) is 1.74. The molecule has 2 aromatic rings. The molecule has 2 N–H and O–H groups in total. The molecule has 1 heterocycles. The summed E-state index contributed by atoms with van der Waals surface area (Å²) < 4.78 is 0. The zero-order valence-corrected chi connectivity index (χ0v) is 9.37. The first-order valence-electron chi connectivity index (χ1n) is 5.19. The molecule has 1 aromatic carbocycles. The summed E-state index contributed by atoms with van der Waals surface area (Å²) in [7, 11) is 1.82. The Morgan fingerprint density at radius 3 is 2.69 bits per heavy atom. The van der Waals surface area contributed by atoms with Gasteiger partial charge in [0.2, 0.25) is 0 Å². The van der Waals surface area contributed by atoms with Crippen LogP contribution in [0.2, 0.25) is 0 Å². The van der Waals surface area contributed by atoms with Gasteiger partial charge in [-0.05, 0) is 31.2 Å². The Morgan fingerprint density at radius 1 is 1.31 bits per heavy atom. The third kappa shape index (κ3) is 1.84. The van der Waals surface area contributed by atoms with E-state index in [2.05, 4.69) is 10.3 Å². The summed E-state index contributed by atoms with van der Waals surface area (Å²) >= 11 is 0. The molecule has 3 heteroatoms. The number of aromatic amines is 1. The average Bonchev–Trinajstić information content (AvgIpc) is 2.81. The minimum Gasteiger partial charge on any atom is -0.388 e. The third-order valence-corrected chi connectivity index (χ3v) is 2.58. The number of rotatable bonds is 3. The molecule has 0 aliphatic rings. The van der Waals surface area contributed by atoms with E-state index in [-0.39, 0.29) is 5.78 Å². The fourth-order valence-electron chi connectivity index (χ4n) is 1.74. The van der Waals surface area contributed by atoms with Gasteiger partial charge < -0.3 is 10.3 Å². The molecule has 0 bridgehead atoms. The van der Waals surface area contributed by atoms with Gasteiger partial charge in [-0.1, -0.05) is 6.07 Å². The van der Waals surface area contributed by atoms with Crippen molar-refractivity contribution in [2.75, 3.05) is 12.4 Å². The minimum absolute atomic E-state index is 0.0717. The predicted molar refractivity (Wildman–Crippen MR) is 65.8 cm³/mol. The van der Waals surface area contributed by atoms with Crippen LogP contribution in [0.4, 0.5) is 5.69 Å². The number of H-pyrrole nitrogens is 1. The Hall–Kier alpha value is -2.03. The van der Waals surface area contributed by atoms with Gasteiger partial charge in [0.15, 0.2) is 5.78 Å². The van der Waals surface area contributed by atoms with Crippen LogP contribution in [0.5, 0.6) is 0 Å². The van der Waals surface area contributed by atoms with E-state index in [1.165, 1.54) is 0 Å². The van der Waals surface area contributed by atoms with Crippen LogP contribution in [0.3, 0.4) is 0 Å². The molecule has 3 nitrogen and oxygen atoms in total. The Balaban J connectivity index is 2.49. The van der Waals surface area contributed by atoms with Crippen molar-refractivity contribution in [1.29, 1.82) is 0 Å². The van der Waals surface area contributed by atoms with Crippen molar-refractivity contribution in [3.8, 4) is 11.3 Å². The van der Waals surface area contributed by atoms with Crippen LogP contribution in [-0.2, 0) is 0 Å². The molecule has 0 radical (unpaired) electrons. The second-order valence-electron chi connectivity index (χ2n) is 3.65. The van der Waals surface area contributed by atoms with E-state index >= 15 is 0 Å². The van der Waals surface area contributed by atoms with Crippen LogP contribution in [-0.4, -0.2) is 17.8 Å².